The molecule has 1 aromatic carbocycles. The van der Waals surface area contributed by atoms with Crippen LogP contribution in [0.1, 0.15) is 5.56 Å². The molecule has 0 saturated heterocycles. The van der Waals surface area contributed by atoms with E-state index in [0.29, 0.717) is 0 Å². The van der Waals surface area contributed by atoms with E-state index in [1.807, 2.05) is 11.8 Å². The maximum absolute atomic E-state index is 2.16. The van der Waals surface area contributed by atoms with Gasteiger partial charge in [0.1, 0.15) is 0 Å². The lowest BCUT2D eigenvalue weighted by atomic mass is 10.2. The van der Waals surface area contributed by atoms with Crippen LogP contribution in [0, 0.1) is 0 Å². The second-order valence-electron chi connectivity index (χ2n) is 3.21. The monoisotopic (exact) mass is 199 g/mol. The lowest BCUT2D eigenvalue weighted by Gasteiger charge is -2.01. The zero-order valence-electron chi connectivity index (χ0n) is 7.55. The molecule has 0 amide bonds. The Morgan fingerprint density at radius 1 is 1.00 bits per heavy atom. The van der Waals surface area contributed by atoms with Crippen LogP contribution < -0.4 is 0 Å². The predicted octanol–water partition coefficient (Wildman–Crippen LogP) is 3.58. The maximum atomic E-state index is 2.16. The summed E-state index contributed by atoms with van der Waals surface area (Å²) >= 11 is 1.81. The predicted molar refractivity (Wildman–Crippen MR) is 60.2 cm³/mol. The van der Waals surface area contributed by atoms with Gasteiger partial charge in [0.25, 0.3) is 0 Å². The number of benzene rings is 1. The first kappa shape index (κ1) is 7.94. The Morgan fingerprint density at radius 3 is 2.93 bits per heavy atom. The fourth-order valence-electron chi connectivity index (χ4n) is 1.57. The number of rotatable bonds is 0. The second kappa shape index (κ2) is 3.07. The summed E-state index contributed by atoms with van der Waals surface area (Å²) in [6.07, 6.45) is 6.33. The highest BCUT2D eigenvalue weighted by atomic mass is 32.2. The molecule has 0 aliphatic carbocycles. The van der Waals surface area contributed by atoms with E-state index in [1.54, 1.807) is 0 Å². The number of fused-ring (bicyclic) bond motifs is 2. The first-order valence-corrected chi connectivity index (χ1v) is 5.37. The number of aromatic nitrogens is 1. The highest BCUT2D eigenvalue weighted by Crippen LogP contribution is 2.33. The summed E-state index contributed by atoms with van der Waals surface area (Å²) in [6.45, 7) is 0. The molecule has 0 bridgehead atoms. The van der Waals surface area contributed by atoms with Crippen molar-refractivity contribution in [2.24, 2.45) is 0 Å². The Kier molecular flexibility index (Phi) is 1.74. The van der Waals surface area contributed by atoms with Crippen LogP contribution in [0.25, 0.3) is 12.3 Å². The zero-order chi connectivity index (χ0) is 9.38. The standard InChI is InChI=1S/C12H9NS/c1-2-5-11-10(4-1)7-9-13-8-3-6-12(13)14-11/h1-9H. The molecule has 1 aliphatic rings. The van der Waals surface area contributed by atoms with Crippen molar-refractivity contribution in [3.8, 4) is 0 Å². The minimum absolute atomic E-state index is 1.27. The van der Waals surface area contributed by atoms with Crippen molar-refractivity contribution in [2.45, 2.75) is 9.92 Å². The van der Waals surface area contributed by atoms with Gasteiger partial charge in [-0.05, 0) is 29.8 Å². The summed E-state index contributed by atoms with van der Waals surface area (Å²) in [5, 5.41) is 1.27. The molecule has 1 aliphatic heterocycles. The van der Waals surface area contributed by atoms with E-state index in [2.05, 4.69) is 59.4 Å². The molecule has 0 atom stereocenters. The molecule has 2 heteroatoms. The van der Waals surface area contributed by atoms with Gasteiger partial charge < -0.3 is 4.57 Å². The minimum atomic E-state index is 1.27. The fourth-order valence-corrected chi connectivity index (χ4v) is 2.57. The smallest absolute Gasteiger partial charge is 0.0837 e. The van der Waals surface area contributed by atoms with E-state index in [4.69, 9.17) is 0 Å². The van der Waals surface area contributed by atoms with Gasteiger partial charge in [-0.3, -0.25) is 0 Å². The van der Waals surface area contributed by atoms with Gasteiger partial charge in [-0.2, -0.15) is 0 Å². The summed E-state index contributed by atoms with van der Waals surface area (Å²) in [4.78, 5) is 1.32. The van der Waals surface area contributed by atoms with E-state index in [1.165, 1.54) is 15.5 Å². The van der Waals surface area contributed by atoms with Gasteiger partial charge >= 0.3 is 0 Å². The molecule has 0 radical (unpaired) electrons. The molecule has 0 spiro atoms. The van der Waals surface area contributed by atoms with Crippen LogP contribution in [0.15, 0.2) is 52.5 Å². The molecule has 2 aromatic rings. The Bertz CT molecular complexity index is 497. The van der Waals surface area contributed by atoms with E-state index < -0.39 is 0 Å². The van der Waals surface area contributed by atoms with Crippen LogP contribution in [-0.4, -0.2) is 4.57 Å². The molecule has 68 valence electrons. The SMILES string of the molecule is C1=Cn2cccc2Sc2ccccc21. The molecule has 3 rings (SSSR count). The highest BCUT2D eigenvalue weighted by molar-refractivity contribution is 7.99. The van der Waals surface area contributed by atoms with Crippen molar-refractivity contribution in [3.05, 3.63) is 48.2 Å². The number of hydrogen-bond donors (Lipinski definition) is 0. The van der Waals surface area contributed by atoms with Crippen LogP contribution in [0.2, 0.25) is 0 Å². The number of nitrogens with zero attached hydrogens (tertiary/aromatic N) is 1. The average molecular weight is 199 g/mol. The highest BCUT2D eigenvalue weighted by Gasteiger charge is 2.07. The topological polar surface area (TPSA) is 4.93 Å². The van der Waals surface area contributed by atoms with Crippen molar-refractivity contribution < 1.29 is 0 Å². The van der Waals surface area contributed by atoms with E-state index in [9.17, 15) is 0 Å². The molecular formula is C12H9NS. The van der Waals surface area contributed by atoms with Gasteiger partial charge in [-0.25, -0.2) is 0 Å². The molecule has 2 heterocycles. The Balaban J connectivity index is 2.19. The van der Waals surface area contributed by atoms with Crippen LogP contribution in [-0.2, 0) is 0 Å². The van der Waals surface area contributed by atoms with Crippen LogP contribution in [0.3, 0.4) is 0 Å². The van der Waals surface area contributed by atoms with Crippen molar-refractivity contribution in [1.29, 1.82) is 0 Å². The number of hydrogen-bond acceptors (Lipinski definition) is 1. The summed E-state index contributed by atoms with van der Waals surface area (Å²) in [5.74, 6) is 0. The molecule has 0 unspecified atom stereocenters. The zero-order valence-corrected chi connectivity index (χ0v) is 8.37. The normalized spacial score (nSPS) is 13.1. The summed E-state index contributed by atoms with van der Waals surface area (Å²) < 4.78 is 2.14. The summed E-state index contributed by atoms with van der Waals surface area (Å²) in [5.41, 5.74) is 1.29. The third-order valence-electron chi connectivity index (χ3n) is 2.29. The van der Waals surface area contributed by atoms with Crippen molar-refractivity contribution >= 4 is 24.0 Å². The Morgan fingerprint density at radius 2 is 1.93 bits per heavy atom. The first-order valence-electron chi connectivity index (χ1n) is 4.55. The van der Waals surface area contributed by atoms with Crippen molar-refractivity contribution in [3.63, 3.8) is 0 Å². The molecule has 0 fully saturated rings. The first-order chi connectivity index (χ1) is 6.93. The molecular weight excluding hydrogens is 190 g/mol. The van der Waals surface area contributed by atoms with Gasteiger partial charge in [-0.15, -0.1) is 0 Å². The second-order valence-corrected chi connectivity index (χ2v) is 4.27. The lowest BCUT2D eigenvalue weighted by molar-refractivity contribution is 1.03. The lowest BCUT2D eigenvalue weighted by Crippen LogP contribution is -1.81. The molecule has 0 N–H and O–H groups in total. The van der Waals surface area contributed by atoms with Gasteiger partial charge in [0.15, 0.2) is 0 Å². The van der Waals surface area contributed by atoms with E-state index in [0.717, 1.165) is 0 Å². The van der Waals surface area contributed by atoms with Crippen LogP contribution in [0.5, 0.6) is 0 Å². The van der Waals surface area contributed by atoms with Gasteiger partial charge in [-0.1, -0.05) is 30.0 Å². The van der Waals surface area contributed by atoms with Crippen LogP contribution in [0.4, 0.5) is 0 Å². The van der Waals surface area contributed by atoms with E-state index >= 15 is 0 Å². The van der Waals surface area contributed by atoms with Crippen molar-refractivity contribution in [2.75, 3.05) is 0 Å². The van der Waals surface area contributed by atoms with Crippen molar-refractivity contribution in [1.82, 2.24) is 4.57 Å². The van der Waals surface area contributed by atoms with Crippen LogP contribution >= 0.6 is 11.8 Å². The average Bonchev–Trinajstić information content (AvgIpc) is 2.58. The van der Waals surface area contributed by atoms with Gasteiger partial charge in [0, 0.05) is 17.3 Å². The fraction of sp³-hybridized carbons (Fsp3) is 0. The Labute approximate surface area is 87.1 Å². The largest absolute Gasteiger partial charge is 0.318 e. The molecule has 0 saturated carbocycles. The van der Waals surface area contributed by atoms with Gasteiger partial charge in [0.2, 0.25) is 0 Å². The third-order valence-corrected chi connectivity index (χ3v) is 3.44. The van der Waals surface area contributed by atoms with Gasteiger partial charge in [0.05, 0.1) is 5.03 Å². The molecule has 1 nitrogen and oxygen atoms in total. The quantitative estimate of drug-likeness (QED) is 0.535. The summed E-state index contributed by atoms with van der Waals surface area (Å²) in [6, 6.07) is 12.7. The molecule has 1 aromatic heterocycles. The Hall–Kier alpha value is -1.41. The molecule has 14 heavy (non-hydrogen) atoms. The third kappa shape index (κ3) is 1.19. The van der Waals surface area contributed by atoms with E-state index in [-0.39, 0.29) is 0 Å². The minimum Gasteiger partial charge on any atom is -0.318 e. The maximum Gasteiger partial charge on any atom is 0.0837 e. The summed E-state index contributed by atoms with van der Waals surface area (Å²) in [7, 11) is 0.